The van der Waals surface area contributed by atoms with Crippen molar-refractivity contribution in [1.29, 1.82) is 0 Å². The van der Waals surface area contributed by atoms with Crippen molar-refractivity contribution < 1.29 is 4.79 Å². The minimum atomic E-state index is 0.235. The van der Waals surface area contributed by atoms with Gasteiger partial charge in [-0.3, -0.25) is 9.48 Å². The zero-order valence-electron chi connectivity index (χ0n) is 11.1. The Labute approximate surface area is 103 Å². The Kier molecular flexibility index (Phi) is 3.65. The molecule has 3 nitrogen and oxygen atoms in total. The highest BCUT2D eigenvalue weighted by Crippen LogP contribution is 2.28. The van der Waals surface area contributed by atoms with Crippen molar-refractivity contribution in [2.24, 2.45) is 13.0 Å². The largest absolute Gasteiger partial charge is 0.294 e. The molecule has 17 heavy (non-hydrogen) atoms. The van der Waals surface area contributed by atoms with Gasteiger partial charge in [-0.05, 0) is 26.7 Å². The summed E-state index contributed by atoms with van der Waals surface area (Å²) in [6.07, 6.45) is 7.10. The van der Waals surface area contributed by atoms with E-state index in [1.807, 2.05) is 25.6 Å². The first kappa shape index (κ1) is 12.3. The second-order valence-corrected chi connectivity index (χ2v) is 5.22. The summed E-state index contributed by atoms with van der Waals surface area (Å²) >= 11 is 0. The number of hydrogen-bond donors (Lipinski definition) is 0. The minimum absolute atomic E-state index is 0.235. The van der Waals surface area contributed by atoms with Crippen molar-refractivity contribution >= 4 is 5.78 Å². The average molecular weight is 234 g/mol. The van der Waals surface area contributed by atoms with E-state index >= 15 is 0 Å². The van der Waals surface area contributed by atoms with Gasteiger partial charge in [0, 0.05) is 18.7 Å². The molecule has 1 aliphatic carbocycles. The molecule has 0 N–H and O–H groups in total. The Hall–Kier alpha value is -1.12. The highest BCUT2D eigenvalue weighted by molar-refractivity contribution is 5.99. The lowest BCUT2D eigenvalue weighted by Crippen LogP contribution is -2.15. The van der Waals surface area contributed by atoms with Gasteiger partial charge < -0.3 is 0 Å². The zero-order valence-corrected chi connectivity index (χ0v) is 11.1. The average Bonchev–Trinajstić information content (AvgIpc) is 2.52. The van der Waals surface area contributed by atoms with E-state index in [1.54, 1.807) is 0 Å². The van der Waals surface area contributed by atoms with Gasteiger partial charge in [-0.2, -0.15) is 5.10 Å². The van der Waals surface area contributed by atoms with Crippen molar-refractivity contribution in [2.45, 2.75) is 52.4 Å². The van der Waals surface area contributed by atoms with E-state index in [0.717, 1.165) is 29.8 Å². The third kappa shape index (κ3) is 2.43. The van der Waals surface area contributed by atoms with E-state index in [9.17, 15) is 4.79 Å². The summed E-state index contributed by atoms with van der Waals surface area (Å²) in [4.78, 5) is 12.6. The molecule has 1 heterocycles. The smallest absolute Gasteiger partial charge is 0.169 e. The Morgan fingerprint density at radius 2 is 1.76 bits per heavy atom. The predicted octanol–water partition coefficient (Wildman–Crippen LogP) is 3.19. The number of ketones is 1. The van der Waals surface area contributed by atoms with Crippen LogP contribution in [0.4, 0.5) is 0 Å². The molecular formula is C14H22N2O. The first-order valence-electron chi connectivity index (χ1n) is 6.65. The number of carbonyl (C=O) groups excluding carboxylic acids is 1. The van der Waals surface area contributed by atoms with Gasteiger partial charge in [0.2, 0.25) is 0 Å². The Bertz CT molecular complexity index is 412. The fourth-order valence-electron chi connectivity index (χ4n) is 2.88. The molecule has 1 fully saturated rings. The second kappa shape index (κ2) is 5.03. The van der Waals surface area contributed by atoms with Gasteiger partial charge in [-0.15, -0.1) is 0 Å². The molecule has 1 aliphatic rings. The van der Waals surface area contributed by atoms with Gasteiger partial charge in [0.05, 0.1) is 11.3 Å². The van der Waals surface area contributed by atoms with Gasteiger partial charge in [0.15, 0.2) is 5.78 Å². The summed E-state index contributed by atoms with van der Waals surface area (Å²) in [7, 11) is 1.91. The lowest BCUT2D eigenvalue weighted by molar-refractivity contribution is 0.0906. The fourth-order valence-corrected chi connectivity index (χ4v) is 2.88. The summed E-state index contributed by atoms with van der Waals surface area (Å²) < 4.78 is 1.82. The van der Waals surface area contributed by atoms with Gasteiger partial charge in [-0.1, -0.05) is 25.7 Å². The van der Waals surface area contributed by atoms with Crippen LogP contribution in [0.3, 0.4) is 0 Å². The summed E-state index contributed by atoms with van der Waals surface area (Å²) in [6, 6.07) is 0. The lowest BCUT2D eigenvalue weighted by Gasteiger charge is -2.12. The third-order valence-electron chi connectivity index (χ3n) is 3.98. The molecular weight excluding hydrogens is 212 g/mol. The Balaban J connectivity index is 2.23. The molecule has 0 amide bonds. The van der Waals surface area contributed by atoms with Crippen LogP contribution >= 0.6 is 0 Å². The molecule has 1 aromatic rings. The van der Waals surface area contributed by atoms with E-state index in [4.69, 9.17) is 0 Å². The molecule has 0 bridgehead atoms. The van der Waals surface area contributed by atoms with Gasteiger partial charge in [-0.25, -0.2) is 0 Å². The zero-order chi connectivity index (χ0) is 12.4. The molecule has 0 radical (unpaired) electrons. The van der Waals surface area contributed by atoms with Crippen LogP contribution in [0.2, 0.25) is 0 Å². The predicted molar refractivity (Wildman–Crippen MR) is 68.2 cm³/mol. The van der Waals surface area contributed by atoms with Gasteiger partial charge >= 0.3 is 0 Å². The highest BCUT2D eigenvalue weighted by atomic mass is 16.1. The van der Waals surface area contributed by atoms with Crippen LogP contribution in [0.25, 0.3) is 0 Å². The van der Waals surface area contributed by atoms with Crippen LogP contribution in [-0.4, -0.2) is 15.6 Å². The Morgan fingerprint density at radius 3 is 2.24 bits per heavy atom. The number of carbonyl (C=O) groups is 1. The summed E-state index contributed by atoms with van der Waals surface area (Å²) in [6.45, 7) is 3.93. The minimum Gasteiger partial charge on any atom is -0.294 e. The second-order valence-electron chi connectivity index (χ2n) is 5.22. The topological polar surface area (TPSA) is 34.9 Å². The molecule has 0 aliphatic heterocycles. The SMILES string of the molecule is Cc1nn(C)c(C)c1C(=O)C1CCCCCC1. The van der Waals surface area contributed by atoms with E-state index < -0.39 is 0 Å². The number of hydrogen-bond acceptors (Lipinski definition) is 2. The number of aromatic nitrogens is 2. The number of nitrogens with zero attached hydrogens (tertiary/aromatic N) is 2. The summed E-state index contributed by atoms with van der Waals surface area (Å²) in [5.74, 6) is 0.564. The molecule has 0 aromatic carbocycles. The maximum Gasteiger partial charge on any atom is 0.169 e. The van der Waals surface area contributed by atoms with Crippen molar-refractivity contribution in [3.8, 4) is 0 Å². The Morgan fingerprint density at radius 1 is 1.18 bits per heavy atom. The van der Waals surface area contributed by atoms with Crippen LogP contribution in [0, 0.1) is 19.8 Å². The van der Waals surface area contributed by atoms with Crippen LogP contribution in [0.15, 0.2) is 0 Å². The van der Waals surface area contributed by atoms with Crippen molar-refractivity contribution in [3.63, 3.8) is 0 Å². The monoisotopic (exact) mass is 234 g/mol. The molecule has 1 aromatic heterocycles. The molecule has 0 spiro atoms. The maximum absolute atomic E-state index is 12.6. The number of aryl methyl sites for hydroxylation is 2. The van der Waals surface area contributed by atoms with E-state index in [1.165, 1.54) is 25.7 Å². The lowest BCUT2D eigenvalue weighted by atomic mass is 9.90. The molecule has 0 atom stereocenters. The van der Waals surface area contributed by atoms with Crippen LogP contribution < -0.4 is 0 Å². The van der Waals surface area contributed by atoms with Crippen LogP contribution in [0.1, 0.15) is 60.3 Å². The van der Waals surface area contributed by atoms with Crippen molar-refractivity contribution in [1.82, 2.24) is 9.78 Å². The fraction of sp³-hybridized carbons (Fsp3) is 0.714. The maximum atomic E-state index is 12.6. The van der Waals surface area contributed by atoms with E-state index in [2.05, 4.69) is 5.10 Å². The van der Waals surface area contributed by atoms with Crippen molar-refractivity contribution in [2.75, 3.05) is 0 Å². The third-order valence-corrected chi connectivity index (χ3v) is 3.98. The molecule has 0 saturated heterocycles. The molecule has 0 unspecified atom stereocenters. The highest BCUT2D eigenvalue weighted by Gasteiger charge is 2.26. The van der Waals surface area contributed by atoms with E-state index in [0.29, 0.717) is 5.78 Å². The molecule has 2 rings (SSSR count). The number of rotatable bonds is 2. The van der Waals surface area contributed by atoms with Crippen molar-refractivity contribution in [3.05, 3.63) is 17.0 Å². The molecule has 3 heteroatoms. The first-order valence-corrected chi connectivity index (χ1v) is 6.65. The molecule has 94 valence electrons. The van der Waals surface area contributed by atoms with Crippen LogP contribution in [0.5, 0.6) is 0 Å². The van der Waals surface area contributed by atoms with E-state index in [-0.39, 0.29) is 5.92 Å². The first-order chi connectivity index (χ1) is 8.11. The quantitative estimate of drug-likeness (QED) is 0.582. The number of Topliss-reactive ketones (excluding diaryl/α,β-unsaturated/α-hetero) is 1. The molecule has 1 saturated carbocycles. The van der Waals surface area contributed by atoms with Crippen LogP contribution in [-0.2, 0) is 7.05 Å². The normalized spacial score (nSPS) is 18.1. The summed E-state index contributed by atoms with van der Waals surface area (Å²) in [5, 5.41) is 4.35. The summed E-state index contributed by atoms with van der Waals surface area (Å²) in [5.41, 5.74) is 2.77. The standard InChI is InChI=1S/C14H22N2O/c1-10-13(11(2)16(3)15-10)14(17)12-8-6-4-5-7-9-12/h12H,4-9H2,1-3H3. The van der Waals surface area contributed by atoms with Gasteiger partial charge in [0.1, 0.15) is 0 Å². The van der Waals surface area contributed by atoms with Gasteiger partial charge in [0.25, 0.3) is 0 Å².